The summed E-state index contributed by atoms with van der Waals surface area (Å²) in [6.07, 6.45) is 1.97. The maximum Gasteiger partial charge on any atom is 0.256 e. The van der Waals surface area contributed by atoms with Crippen molar-refractivity contribution in [3.63, 3.8) is 0 Å². The number of nitrogen functional groups attached to an aromatic ring is 1. The topological polar surface area (TPSA) is 46.3 Å². The average molecular weight is 256 g/mol. The fraction of sp³-hybridized carbons (Fsp3) is 0.417. The third-order valence-electron chi connectivity index (χ3n) is 2.61. The number of thioether (sulfide) groups is 1. The molecule has 0 spiro atoms. The second-order valence-electron chi connectivity index (χ2n) is 3.96. The van der Waals surface area contributed by atoms with Crippen LogP contribution in [0.2, 0.25) is 0 Å². The number of nitrogens with zero attached hydrogens (tertiary/aromatic N) is 1. The first kappa shape index (κ1) is 13.8. The molecule has 0 radical (unpaired) electrons. The lowest BCUT2D eigenvalue weighted by molar-refractivity contribution is 0.0753. The van der Waals surface area contributed by atoms with Crippen LogP contribution in [0.3, 0.4) is 0 Å². The number of rotatable bonds is 4. The van der Waals surface area contributed by atoms with Gasteiger partial charge < -0.3 is 10.6 Å². The first-order chi connectivity index (χ1) is 7.97. The summed E-state index contributed by atoms with van der Waals surface area (Å²) in [4.78, 5) is 13.6. The fourth-order valence-electron chi connectivity index (χ4n) is 1.45. The molecule has 0 heterocycles. The number of amides is 1. The van der Waals surface area contributed by atoms with Crippen molar-refractivity contribution in [1.29, 1.82) is 0 Å². The molecule has 0 aromatic heterocycles. The van der Waals surface area contributed by atoms with Crippen molar-refractivity contribution in [3.8, 4) is 0 Å². The largest absolute Gasteiger partial charge is 0.399 e. The first-order valence-electron chi connectivity index (χ1n) is 5.28. The summed E-state index contributed by atoms with van der Waals surface area (Å²) < 4.78 is 13.6. The molecule has 3 nitrogen and oxygen atoms in total. The van der Waals surface area contributed by atoms with Crippen LogP contribution in [0.4, 0.5) is 10.1 Å². The highest BCUT2D eigenvalue weighted by Crippen LogP contribution is 2.15. The zero-order valence-corrected chi connectivity index (χ0v) is 11.1. The Morgan fingerprint density at radius 2 is 2.24 bits per heavy atom. The molecule has 94 valence electrons. The zero-order chi connectivity index (χ0) is 13.0. The predicted octanol–water partition coefficient (Wildman–Crippen LogP) is 2.23. The summed E-state index contributed by atoms with van der Waals surface area (Å²) in [5.41, 5.74) is 5.83. The predicted molar refractivity (Wildman–Crippen MR) is 70.7 cm³/mol. The van der Waals surface area contributed by atoms with Crippen molar-refractivity contribution >= 4 is 23.4 Å². The highest BCUT2D eigenvalue weighted by molar-refractivity contribution is 7.98. The van der Waals surface area contributed by atoms with E-state index in [9.17, 15) is 9.18 Å². The van der Waals surface area contributed by atoms with E-state index >= 15 is 0 Å². The quantitative estimate of drug-likeness (QED) is 0.840. The van der Waals surface area contributed by atoms with E-state index in [4.69, 9.17) is 5.73 Å². The van der Waals surface area contributed by atoms with Crippen molar-refractivity contribution in [1.82, 2.24) is 4.90 Å². The van der Waals surface area contributed by atoms with Gasteiger partial charge in [0.25, 0.3) is 5.91 Å². The zero-order valence-electron chi connectivity index (χ0n) is 10.2. The second kappa shape index (κ2) is 5.91. The maximum absolute atomic E-state index is 13.6. The van der Waals surface area contributed by atoms with E-state index < -0.39 is 5.82 Å². The lowest BCUT2D eigenvalue weighted by atomic mass is 10.1. The average Bonchev–Trinajstić information content (AvgIpc) is 2.27. The molecule has 1 amide bonds. The lowest BCUT2D eigenvalue weighted by Gasteiger charge is -2.24. The molecule has 1 atom stereocenters. The van der Waals surface area contributed by atoms with E-state index in [0.717, 1.165) is 5.75 Å². The number of hydrogen-bond donors (Lipinski definition) is 1. The van der Waals surface area contributed by atoms with E-state index in [1.165, 1.54) is 18.2 Å². The van der Waals surface area contributed by atoms with Gasteiger partial charge in [0.1, 0.15) is 5.82 Å². The minimum atomic E-state index is -0.571. The van der Waals surface area contributed by atoms with Gasteiger partial charge in [0, 0.05) is 24.5 Å². The van der Waals surface area contributed by atoms with E-state index in [1.807, 2.05) is 13.2 Å². The Hall–Kier alpha value is -1.23. The first-order valence-corrected chi connectivity index (χ1v) is 6.68. The van der Waals surface area contributed by atoms with Crippen molar-refractivity contribution in [2.45, 2.75) is 13.0 Å². The summed E-state index contributed by atoms with van der Waals surface area (Å²) in [6.45, 7) is 1.93. The molecule has 1 rings (SSSR count). The van der Waals surface area contributed by atoms with Crippen molar-refractivity contribution in [3.05, 3.63) is 29.6 Å². The van der Waals surface area contributed by atoms with Crippen LogP contribution >= 0.6 is 11.8 Å². The molecule has 5 heteroatoms. The highest BCUT2D eigenvalue weighted by atomic mass is 32.2. The molecule has 0 fully saturated rings. The van der Waals surface area contributed by atoms with Crippen molar-refractivity contribution < 1.29 is 9.18 Å². The van der Waals surface area contributed by atoms with E-state index in [2.05, 4.69) is 0 Å². The summed E-state index contributed by atoms with van der Waals surface area (Å²) in [5, 5.41) is 0. The Morgan fingerprint density at radius 1 is 1.59 bits per heavy atom. The molecule has 1 aromatic carbocycles. The van der Waals surface area contributed by atoms with Crippen molar-refractivity contribution in [2.75, 3.05) is 24.8 Å². The van der Waals surface area contributed by atoms with Gasteiger partial charge in [0.05, 0.1) is 5.56 Å². The summed E-state index contributed by atoms with van der Waals surface area (Å²) >= 11 is 1.65. The highest BCUT2D eigenvalue weighted by Gasteiger charge is 2.20. The van der Waals surface area contributed by atoms with Gasteiger partial charge in [-0.05, 0) is 31.4 Å². The normalized spacial score (nSPS) is 12.2. The third-order valence-corrected chi connectivity index (χ3v) is 3.43. The standard InChI is InChI=1S/C12H17FN2OS/c1-8(7-17-3)15(2)12(16)10-5-4-9(14)6-11(10)13/h4-6,8H,7,14H2,1-3H3. The number of carbonyl (C=O) groups excluding carboxylic acids is 1. The van der Waals surface area contributed by atoms with Gasteiger partial charge in [0.15, 0.2) is 0 Å². The van der Waals surface area contributed by atoms with Gasteiger partial charge >= 0.3 is 0 Å². The lowest BCUT2D eigenvalue weighted by Crippen LogP contribution is -2.37. The van der Waals surface area contributed by atoms with E-state index in [0.29, 0.717) is 5.69 Å². The molecule has 0 bridgehead atoms. The Labute approximate surface area is 105 Å². The van der Waals surface area contributed by atoms with Crippen LogP contribution < -0.4 is 5.73 Å². The molecular weight excluding hydrogens is 239 g/mol. The Balaban J connectivity index is 2.88. The van der Waals surface area contributed by atoms with Gasteiger partial charge in [-0.25, -0.2) is 4.39 Å². The monoisotopic (exact) mass is 256 g/mol. The van der Waals surface area contributed by atoms with Crippen LogP contribution in [-0.4, -0.2) is 35.9 Å². The van der Waals surface area contributed by atoms with Gasteiger partial charge in [-0.3, -0.25) is 4.79 Å². The molecule has 2 N–H and O–H groups in total. The maximum atomic E-state index is 13.6. The number of anilines is 1. The molecule has 0 aliphatic heterocycles. The molecular formula is C12H17FN2OS. The van der Waals surface area contributed by atoms with E-state index in [-0.39, 0.29) is 17.5 Å². The van der Waals surface area contributed by atoms with Gasteiger partial charge in [-0.2, -0.15) is 11.8 Å². The van der Waals surface area contributed by atoms with Crippen LogP contribution in [0.15, 0.2) is 18.2 Å². The smallest absolute Gasteiger partial charge is 0.256 e. The minimum absolute atomic E-state index is 0.0643. The Kier molecular flexibility index (Phi) is 4.81. The van der Waals surface area contributed by atoms with E-state index in [1.54, 1.807) is 23.7 Å². The molecule has 0 saturated carbocycles. The van der Waals surface area contributed by atoms with Gasteiger partial charge in [-0.15, -0.1) is 0 Å². The van der Waals surface area contributed by atoms with Crippen LogP contribution in [0.25, 0.3) is 0 Å². The van der Waals surface area contributed by atoms with Gasteiger partial charge in [0.2, 0.25) is 0 Å². The van der Waals surface area contributed by atoms with Crippen LogP contribution in [0, 0.1) is 5.82 Å². The molecule has 1 unspecified atom stereocenters. The molecule has 17 heavy (non-hydrogen) atoms. The van der Waals surface area contributed by atoms with Gasteiger partial charge in [-0.1, -0.05) is 0 Å². The Morgan fingerprint density at radius 3 is 2.76 bits per heavy atom. The molecule has 1 aromatic rings. The second-order valence-corrected chi connectivity index (χ2v) is 4.87. The van der Waals surface area contributed by atoms with Crippen LogP contribution in [-0.2, 0) is 0 Å². The number of hydrogen-bond acceptors (Lipinski definition) is 3. The number of halogens is 1. The van der Waals surface area contributed by atoms with Crippen LogP contribution in [0.5, 0.6) is 0 Å². The SMILES string of the molecule is CSCC(C)N(C)C(=O)c1ccc(N)cc1F. The van der Waals surface area contributed by atoms with Crippen molar-refractivity contribution in [2.24, 2.45) is 0 Å². The summed E-state index contributed by atoms with van der Waals surface area (Å²) in [7, 11) is 1.68. The molecule has 0 aliphatic carbocycles. The number of carbonyl (C=O) groups is 1. The number of nitrogens with two attached hydrogens (primary N) is 1. The summed E-state index contributed by atoms with van der Waals surface area (Å²) in [5.74, 6) is -0.0685. The Bertz CT molecular complexity index is 411. The van der Waals surface area contributed by atoms with Crippen LogP contribution in [0.1, 0.15) is 17.3 Å². The molecule has 0 aliphatic rings. The summed E-state index contributed by atoms with van der Waals surface area (Å²) in [6, 6.07) is 4.19. The number of benzene rings is 1. The minimum Gasteiger partial charge on any atom is -0.399 e. The third kappa shape index (κ3) is 3.36. The fourth-order valence-corrected chi connectivity index (χ4v) is 2.15. The molecule has 0 saturated heterocycles.